The number of carbonyl (C=O) groups is 3. The number of thioether (sulfide) groups is 1. The quantitative estimate of drug-likeness (QED) is 0.750. The number of carbonyl (C=O) groups excluding carboxylic acids is 2. The Kier molecular flexibility index (Phi) is 3.49. The molecule has 2 N–H and O–H groups in total. The van der Waals surface area contributed by atoms with Crippen molar-refractivity contribution in [3.8, 4) is 0 Å². The van der Waals surface area contributed by atoms with E-state index in [-0.39, 0.29) is 58.6 Å². The molecular formula is C17H16N2O5S2. The number of nitrogens with one attached hydrogen (secondary N) is 1. The second-order valence-electron chi connectivity index (χ2n) is 7.27. The number of hydrogen-bond donors (Lipinski definition) is 2. The van der Waals surface area contributed by atoms with Gasteiger partial charge >= 0.3 is 10.8 Å². The highest BCUT2D eigenvalue weighted by Crippen LogP contribution is 2.64. The van der Waals surface area contributed by atoms with Gasteiger partial charge in [0, 0.05) is 18.2 Å². The van der Waals surface area contributed by atoms with E-state index in [0.29, 0.717) is 6.42 Å². The summed E-state index contributed by atoms with van der Waals surface area (Å²) in [5, 5.41) is 9.79. The van der Waals surface area contributed by atoms with Crippen molar-refractivity contribution in [2.45, 2.75) is 29.5 Å². The van der Waals surface area contributed by atoms with Gasteiger partial charge in [-0.3, -0.25) is 24.1 Å². The minimum atomic E-state index is -0.919. The number of carboxylic acids is 1. The molecule has 2 bridgehead atoms. The number of imide groups is 1. The summed E-state index contributed by atoms with van der Waals surface area (Å²) in [4.78, 5) is 53.0. The maximum atomic E-state index is 12.9. The molecule has 0 aromatic carbocycles. The van der Waals surface area contributed by atoms with Crippen LogP contribution in [0.15, 0.2) is 15.4 Å². The Hall–Kier alpha value is -1.87. The van der Waals surface area contributed by atoms with Crippen LogP contribution in [0.1, 0.15) is 24.1 Å². The molecule has 0 radical (unpaired) electrons. The highest BCUT2D eigenvalue weighted by atomic mass is 32.2. The lowest BCUT2D eigenvalue weighted by molar-refractivity contribution is -0.142. The van der Waals surface area contributed by atoms with Gasteiger partial charge in [0.25, 0.3) is 0 Å². The third-order valence-electron chi connectivity index (χ3n) is 6.01. The van der Waals surface area contributed by atoms with Gasteiger partial charge in [-0.15, -0.1) is 0 Å². The molecule has 2 aliphatic carbocycles. The average molecular weight is 392 g/mol. The average Bonchev–Trinajstić information content (AvgIpc) is 3.28. The van der Waals surface area contributed by atoms with E-state index in [1.165, 1.54) is 21.8 Å². The summed E-state index contributed by atoms with van der Waals surface area (Å²) in [7, 11) is 0. The fourth-order valence-electron chi connectivity index (χ4n) is 5.09. The molecular weight excluding hydrogens is 376 g/mol. The largest absolute Gasteiger partial charge is 0.481 e. The fourth-order valence-corrected chi connectivity index (χ4v) is 7.53. The Morgan fingerprint density at radius 1 is 1.27 bits per heavy atom. The summed E-state index contributed by atoms with van der Waals surface area (Å²) in [5.74, 6) is -1.63. The number of thiazole rings is 1. The number of rotatable bonds is 4. The number of aromatic nitrogens is 1. The SMILES string of the molecule is O=C(O)CCCN1C(=O)[C@H]2[C@H]3C[C@@H](C4=Cc5sc(=O)[nH]c5S[C@H]43)[C@H]2C1=O. The number of carboxylic acid groups (broad SMARTS) is 1. The molecule has 2 aliphatic heterocycles. The smallest absolute Gasteiger partial charge is 0.305 e. The molecule has 5 atom stereocenters. The van der Waals surface area contributed by atoms with Crippen molar-refractivity contribution in [3.63, 3.8) is 0 Å². The first kappa shape index (κ1) is 16.3. The second kappa shape index (κ2) is 5.56. The molecule has 3 fully saturated rings. The van der Waals surface area contributed by atoms with E-state index in [2.05, 4.69) is 4.98 Å². The van der Waals surface area contributed by atoms with Crippen molar-refractivity contribution in [1.29, 1.82) is 0 Å². The highest BCUT2D eigenvalue weighted by molar-refractivity contribution is 8.00. The lowest BCUT2D eigenvalue weighted by Crippen LogP contribution is -2.35. The van der Waals surface area contributed by atoms with Crippen molar-refractivity contribution in [2.75, 3.05) is 6.54 Å². The lowest BCUT2D eigenvalue weighted by Gasteiger charge is -2.32. The number of likely N-dealkylation sites (tertiary alicyclic amines) is 1. The van der Waals surface area contributed by atoms with Gasteiger partial charge in [0.1, 0.15) is 0 Å². The van der Waals surface area contributed by atoms with E-state index < -0.39 is 5.97 Å². The number of H-pyrrole nitrogens is 1. The number of hydrogen-bond acceptors (Lipinski definition) is 6. The molecule has 1 saturated heterocycles. The minimum Gasteiger partial charge on any atom is -0.481 e. The van der Waals surface area contributed by atoms with Crippen molar-refractivity contribution < 1.29 is 19.5 Å². The topological polar surface area (TPSA) is 108 Å². The van der Waals surface area contributed by atoms with Gasteiger partial charge < -0.3 is 10.1 Å². The number of aliphatic carboxylic acids is 1. The molecule has 9 heteroatoms. The van der Waals surface area contributed by atoms with Gasteiger partial charge in [-0.05, 0) is 30.8 Å². The van der Waals surface area contributed by atoms with Crippen LogP contribution in [-0.2, 0) is 14.4 Å². The first-order chi connectivity index (χ1) is 12.5. The Labute approximate surface area is 156 Å². The van der Waals surface area contributed by atoms with Gasteiger partial charge in [-0.1, -0.05) is 28.7 Å². The third-order valence-corrected chi connectivity index (χ3v) is 8.40. The Bertz CT molecular complexity index is 932. The van der Waals surface area contributed by atoms with Crippen LogP contribution >= 0.6 is 23.1 Å². The first-order valence-electron chi connectivity index (χ1n) is 8.64. The molecule has 7 nitrogen and oxygen atoms in total. The van der Waals surface area contributed by atoms with Crippen LogP contribution < -0.4 is 4.87 Å². The summed E-state index contributed by atoms with van der Waals surface area (Å²) >= 11 is 2.79. The van der Waals surface area contributed by atoms with E-state index in [0.717, 1.165) is 16.3 Å². The number of aromatic amines is 1. The molecule has 3 heterocycles. The van der Waals surface area contributed by atoms with E-state index in [1.807, 2.05) is 6.08 Å². The standard InChI is InChI=1S/C17H16N2O5S2/c20-10(21)2-1-3-19-15(22)11-6-4-8(12(11)16(19)23)13-7(6)5-9-14(26-13)18-17(24)25-9/h5-6,8,11-13H,1-4H2,(H,18,24)(H,20,21)/t6-,8+,11+,12-,13+/m0/s1. The zero-order chi connectivity index (χ0) is 18.2. The van der Waals surface area contributed by atoms with Crippen LogP contribution in [-0.4, -0.2) is 44.6 Å². The Morgan fingerprint density at radius 2 is 2.04 bits per heavy atom. The van der Waals surface area contributed by atoms with E-state index in [1.54, 1.807) is 11.8 Å². The van der Waals surface area contributed by atoms with E-state index >= 15 is 0 Å². The molecule has 4 aliphatic rings. The molecule has 1 aromatic heterocycles. The van der Waals surface area contributed by atoms with Gasteiger partial charge in [0.2, 0.25) is 11.8 Å². The van der Waals surface area contributed by atoms with Gasteiger partial charge in [0.05, 0.1) is 21.7 Å². The summed E-state index contributed by atoms with van der Waals surface area (Å²) in [6.45, 7) is 0.188. The predicted octanol–water partition coefficient (Wildman–Crippen LogP) is 1.41. The van der Waals surface area contributed by atoms with E-state index in [9.17, 15) is 19.2 Å². The Morgan fingerprint density at radius 3 is 2.81 bits per heavy atom. The number of fused-ring (bicyclic) bond motifs is 9. The fraction of sp³-hybridized carbons (Fsp3) is 0.529. The van der Waals surface area contributed by atoms with Crippen LogP contribution in [0.5, 0.6) is 0 Å². The third kappa shape index (κ3) is 2.13. The van der Waals surface area contributed by atoms with Crippen molar-refractivity contribution in [1.82, 2.24) is 9.88 Å². The predicted molar refractivity (Wildman–Crippen MR) is 94.7 cm³/mol. The molecule has 2 amide bonds. The summed E-state index contributed by atoms with van der Waals surface area (Å²) in [6, 6.07) is 0. The molecule has 0 unspecified atom stereocenters. The van der Waals surface area contributed by atoms with E-state index in [4.69, 9.17) is 5.11 Å². The summed E-state index contributed by atoms with van der Waals surface area (Å²) < 4.78 is 0. The van der Waals surface area contributed by atoms with Gasteiger partial charge in [0.15, 0.2) is 0 Å². The molecule has 136 valence electrons. The van der Waals surface area contributed by atoms with Crippen LogP contribution in [0, 0.1) is 23.7 Å². The van der Waals surface area contributed by atoms with Crippen LogP contribution in [0.4, 0.5) is 0 Å². The maximum absolute atomic E-state index is 12.9. The highest BCUT2D eigenvalue weighted by Gasteiger charge is 2.66. The van der Waals surface area contributed by atoms with Crippen LogP contribution in [0.3, 0.4) is 0 Å². The zero-order valence-corrected chi connectivity index (χ0v) is 15.3. The zero-order valence-electron chi connectivity index (χ0n) is 13.6. The first-order valence-corrected chi connectivity index (χ1v) is 10.3. The summed E-state index contributed by atoms with van der Waals surface area (Å²) in [6.07, 6.45) is 3.14. The molecule has 2 saturated carbocycles. The Balaban J connectivity index is 1.43. The van der Waals surface area contributed by atoms with Crippen LogP contribution in [0.25, 0.3) is 6.08 Å². The number of nitrogens with zero attached hydrogens (tertiary/aromatic N) is 1. The van der Waals surface area contributed by atoms with Crippen molar-refractivity contribution >= 4 is 47.0 Å². The van der Waals surface area contributed by atoms with Gasteiger partial charge in [-0.2, -0.15) is 0 Å². The second-order valence-corrected chi connectivity index (χ2v) is 9.44. The lowest BCUT2D eigenvalue weighted by atomic mass is 9.77. The van der Waals surface area contributed by atoms with Gasteiger partial charge in [-0.25, -0.2) is 0 Å². The monoisotopic (exact) mass is 392 g/mol. The van der Waals surface area contributed by atoms with Crippen molar-refractivity contribution in [3.05, 3.63) is 20.1 Å². The van der Waals surface area contributed by atoms with Crippen LogP contribution in [0.2, 0.25) is 0 Å². The molecule has 26 heavy (non-hydrogen) atoms. The molecule has 1 aromatic rings. The van der Waals surface area contributed by atoms with Crippen molar-refractivity contribution in [2.24, 2.45) is 23.7 Å². The summed E-state index contributed by atoms with van der Waals surface area (Å²) in [5.41, 5.74) is 1.19. The number of amides is 2. The minimum absolute atomic E-state index is 0.0452. The maximum Gasteiger partial charge on any atom is 0.305 e. The molecule has 5 rings (SSSR count). The normalized spacial score (nSPS) is 33.9. The molecule has 0 spiro atoms.